The van der Waals surface area contributed by atoms with Crippen LogP contribution in [0.1, 0.15) is 25.7 Å². The summed E-state index contributed by atoms with van der Waals surface area (Å²) in [6, 6.07) is 9.29. The lowest BCUT2D eigenvalue weighted by Gasteiger charge is -2.26. The van der Waals surface area contributed by atoms with Gasteiger partial charge in [0.15, 0.2) is 0 Å². The fraction of sp³-hybridized carbons (Fsp3) is 0.474. The van der Waals surface area contributed by atoms with E-state index in [0.717, 1.165) is 25.1 Å². The molecular weight excluding hydrogens is 306 g/mol. The average Bonchev–Trinajstić information content (AvgIpc) is 3.14. The normalized spacial score (nSPS) is 26.1. The van der Waals surface area contributed by atoms with Crippen molar-refractivity contribution in [3.05, 3.63) is 42.5 Å². The number of ether oxygens (including phenoxy) is 2. The number of para-hydroxylation sites is 1. The molecule has 1 saturated heterocycles. The van der Waals surface area contributed by atoms with Crippen LogP contribution < -0.4 is 5.32 Å². The molecule has 2 aliphatic rings. The van der Waals surface area contributed by atoms with Crippen molar-refractivity contribution in [1.82, 2.24) is 0 Å². The van der Waals surface area contributed by atoms with E-state index in [9.17, 15) is 9.59 Å². The summed E-state index contributed by atoms with van der Waals surface area (Å²) in [6.07, 6.45) is 6.94. The predicted octanol–water partition coefficient (Wildman–Crippen LogP) is 2.93. The molecule has 0 radical (unpaired) electrons. The van der Waals surface area contributed by atoms with Crippen molar-refractivity contribution >= 4 is 17.6 Å². The van der Waals surface area contributed by atoms with Crippen molar-refractivity contribution in [3.8, 4) is 0 Å². The molecule has 1 aromatic rings. The van der Waals surface area contributed by atoms with Crippen molar-refractivity contribution < 1.29 is 19.1 Å². The van der Waals surface area contributed by atoms with Gasteiger partial charge in [0.25, 0.3) is 0 Å². The molecule has 1 aliphatic heterocycles. The lowest BCUT2D eigenvalue weighted by atomic mass is 9.82. The minimum absolute atomic E-state index is 0.00433. The lowest BCUT2D eigenvalue weighted by Crippen LogP contribution is -2.36. The highest BCUT2D eigenvalue weighted by Crippen LogP contribution is 2.28. The van der Waals surface area contributed by atoms with Gasteiger partial charge in [-0.25, -0.2) is 0 Å². The second-order valence-electron chi connectivity index (χ2n) is 6.28. The minimum atomic E-state index is -0.430. The Kier molecular flexibility index (Phi) is 5.64. The molecule has 128 valence electrons. The van der Waals surface area contributed by atoms with E-state index in [4.69, 9.17) is 9.47 Å². The maximum atomic E-state index is 12.6. The number of carbonyl (C=O) groups is 2. The van der Waals surface area contributed by atoms with Gasteiger partial charge in [-0.15, -0.1) is 0 Å². The molecule has 1 fully saturated rings. The van der Waals surface area contributed by atoms with Crippen LogP contribution in [-0.2, 0) is 19.1 Å². The van der Waals surface area contributed by atoms with Gasteiger partial charge in [-0.2, -0.15) is 0 Å². The third kappa shape index (κ3) is 4.23. The number of allylic oxidation sites excluding steroid dienone is 2. The van der Waals surface area contributed by atoms with Gasteiger partial charge in [-0.1, -0.05) is 30.4 Å². The summed E-state index contributed by atoms with van der Waals surface area (Å²) in [5, 5.41) is 2.89. The quantitative estimate of drug-likeness (QED) is 0.666. The maximum Gasteiger partial charge on any atom is 0.310 e. The number of amides is 1. The highest BCUT2D eigenvalue weighted by atomic mass is 16.6. The fourth-order valence-corrected chi connectivity index (χ4v) is 3.18. The molecule has 1 amide bonds. The van der Waals surface area contributed by atoms with E-state index in [1.54, 1.807) is 0 Å². The van der Waals surface area contributed by atoms with E-state index >= 15 is 0 Å². The van der Waals surface area contributed by atoms with Gasteiger partial charge in [-0.3, -0.25) is 9.59 Å². The standard InChI is InChI=1S/C19H23NO4/c21-18(20-14-7-2-1-3-8-14)16-10-4-5-11-17(16)19(22)24-13-15-9-6-12-23-15/h1-5,7-8,15-17H,6,9-13H2,(H,20,21)/t15-,16-,17+/m1/s1. The van der Waals surface area contributed by atoms with Gasteiger partial charge >= 0.3 is 5.97 Å². The fourth-order valence-electron chi connectivity index (χ4n) is 3.18. The van der Waals surface area contributed by atoms with Crippen molar-refractivity contribution in [2.75, 3.05) is 18.5 Å². The molecule has 1 aromatic carbocycles. The monoisotopic (exact) mass is 329 g/mol. The number of benzene rings is 1. The molecule has 0 spiro atoms. The first-order valence-electron chi connectivity index (χ1n) is 8.53. The first kappa shape index (κ1) is 16.7. The lowest BCUT2D eigenvalue weighted by molar-refractivity contribution is -0.155. The molecule has 0 aromatic heterocycles. The summed E-state index contributed by atoms with van der Waals surface area (Å²) in [5.41, 5.74) is 0.739. The van der Waals surface area contributed by atoms with Crippen LogP contribution in [0.4, 0.5) is 5.69 Å². The molecule has 0 bridgehead atoms. The second-order valence-corrected chi connectivity index (χ2v) is 6.28. The van der Waals surface area contributed by atoms with Crippen LogP contribution in [0, 0.1) is 11.8 Å². The number of nitrogens with one attached hydrogen (secondary N) is 1. The van der Waals surface area contributed by atoms with E-state index in [-0.39, 0.29) is 24.6 Å². The van der Waals surface area contributed by atoms with Crippen LogP contribution in [0.15, 0.2) is 42.5 Å². The van der Waals surface area contributed by atoms with Crippen LogP contribution in [0.5, 0.6) is 0 Å². The molecule has 0 unspecified atom stereocenters. The molecule has 24 heavy (non-hydrogen) atoms. The van der Waals surface area contributed by atoms with Crippen LogP contribution in [0.3, 0.4) is 0 Å². The van der Waals surface area contributed by atoms with Crippen molar-refractivity contribution in [3.63, 3.8) is 0 Å². The summed E-state index contributed by atoms with van der Waals surface area (Å²) >= 11 is 0. The van der Waals surface area contributed by atoms with E-state index < -0.39 is 11.8 Å². The minimum Gasteiger partial charge on any atom is -0.463 e. The van der Waals surface area contributed by atoms with Gasteiger partial charge in [0.05, 0.1) is 17.9 Å². The number of hydrogen-bond acceptors (Lipinski definition) is 4. The van der Waals surface area contributed by atoms with Gasteiger partial charge < -0.3 is 14.8 Å². The molecule has 3 rings (SSSR count). The molecule has 0 saturated carbocycles. The van der Waals surface area contributed by atoms with E-state index in [1.165, 1.54) is 0 Å². The van der Waals surface area contributed by atoms with Crippen molar-refractivity contribution in [1.29, 1.82) is 0 Å². The number of esters is 1. The highest BCUT2D eigenvalue weighted by Gasteiger charge is 2.35. The molecular formula is C19H23NO4. The zero-order chi connectivity index (χ0) is 16.8. The van der Waals surface area contributed by atoms with Crippen molar-refractivity contribution in [2.45, 2.75) is 31.8 Å². The molecule has 5 nitrogen and oxygen atoms in total. The van der Waals surface area contributed by atoms with Crippen LogP contribution >= 0.6 is 0 Å². The van der Waals surface area contributed by atoms with E-state index in [0.29, 0.717) is 12.8 Å². The Bertz CT molecular complexity index is 593. The first-order chi connectivity index (χ1) is 11.7. The summed E-state index contributed by atoms with van der Waals surface area (Å²) in [5.74, 6) is -1.26. The number of rotatable bonds is 5. The summed E-state index contributed by atoms with van der Waals surface area (Å²) in [6.45, 7) is 1.02. The zero-order valence-electron chi connectivity index (χ0n) is 13.6. The van der Waals surface area contributed by atoms with Gasteiger partial charge in [0, 0.05) is 12.3 Å². The molecule has 3 atom stereocenters. The smallest absolute Gasteiger partial charge is 0.310 e. The summed E-state index contributed by atoms with van der Waals surface area (Å²) in [4.78, 5) is 25.0. The second kappa shape index (κ2) is 8.11. The number of anilines is 1. The zero-order valence-corrected chi connectivity index (χ0v) is 13.6. The Labute approximate surface area is 142 Å². The Morgan fingerprint density at radius 1 is 1.12 bits per heavy atom. The van der Waals surface area contributed by atoms with Crippen LogP contribution in [-0.4, -0.2) is 31.2 Å². The Morgan fingerprint density at radius 2 is 1.88 bits per heavy atom. The Hall–Kier alpha value is -2.14. The first-order valence-corrected chi connectivity index (χ1v) is 8.53. The summed E-state index contributed by atoms with van der Waals surface area (Å²) < 4.78 is 10.9. The van der Waals surface area contributed by atoms with Gasteiger partial charge in [0.1, 0.15) is 6.61 Å². The summed E-state index contributed by atoms with van der Waals surface area (Å²) in [7, 11) is 0. The number of hydrogen-bond donors (Lipinski definition) is 1. The third-order valence-electron chi connectivity index (χ3n) is 4.55. The molecule has 1 N–H and O–H groups in total. The topological polar surface area (TPSA) is 64.6 Å². The third-order valence-corrected chi connectivity index (χ3v) is 4.55. The Morgan fingerprint density at radius 3 is 2.58 bits per heavy atom. The van der Waals surface area contributed by atoms with E-state index in [2.05, 4.69) is 5.32 Å². The average molecular weight is 329 g/mol. The molecule has 5 heteroatoms. The predicted molar refractivity (Wildman–Crippen MR) is 90.4 cm³/mol. The number of carbonyl (C=O) groups excluding carboxylic acids is 2. The van der Waals surface area contributed by atoms with Crippen molar-refractivity contribution in [2.24, 2.45) is 11.8 Å². The Balaban J connectivity index is 1.58. The largest absolute Gasteiger partial charge is 0.463 e. The van der Waals surface area contributed by atoms with Gasteiger partial charge in [-0.05, 0) is 37.8 Å². The maximum absolute atomic E-state index is 12.6. The van der Waals surface area contributed by atoms with E-state index in [1.807, 2.05) is 42.5 Å². The van der Waals surface area contributed by atoms with Crippen LogP contribution in [0.2, 0.25) is 0 Å². The molecule has 1 aliphatic carbocycles. The molecule has 1 heterocycles. The van der Waals surface area contributed by atoms with Gasteiger partial charge in [0.2, 0.25) is 5.91 Å². The van der Waals surface area contributed by atoms with Crippen LogP contribution in [0.25, 0.3) is 0 Å². The SMILES string of the molecule is O=C(OC[C@H]1CCCO1)[C@H]1CC=CC[C@H]1C(=O)Nc1ccccc1. The highest BCUT2D eigenvalue weighted by molar-refractivity contribution is 5.95.